The van der Waals surface area contributed by atoms with Gasteiger partial charge in [0.25, 0.3) is 0 Å². The molecule has 0 bridgehead atoms. The van der Waals surface area contributed by atoms with Gasteiger partial charge in [-0.15, -0.1) is 11.6 Å². The van der Waals surface area contributed by atoms with Crippen LogP contribution in [0, 0.1) is 12.8 Å². The number of nitrogens with one attached hydrogen (secondary N) is 1. The van der Waals surface area contributed by atoms with Crippen LogP contribution < -0.4 is 5.32 Å². The number of aryl methyl sites for hydroxylation is 1. The van der Waals surface area contributed by atoms with Crippen molar-refractivity contribution in [3.8, 4) is 0 Å². The van der Waals surface area contributed by atoms with Crippen LogP contribution in [0.15, 0.2) is 66.9 Å². The molecule has 0 saturated heterocycles. The minimum Gasteiger partial charge on any atom is -0.385 e. The first-order chi connectivity index (χ1) is 11.1. The van der Waals surface area contributed by atoms with Gasteiger partial charge in [-0.1, -0.05) is 73.7 Å². The van der Waals surface area contributed by atoms with Crippen molar-refractivity contribution in [2.45, 2.75) is 13.8 Å². The summed E-state index contributed by atoms with van der Waals surface area (Å²) in [5.74, 6) is 1.05. The van der Waals surface area contributed by atoms with E-state index in [1.807, 2.05) is 18.2 Å². The van der Waals surface area contributed by atoms with E-state index in [0.29, 0.717) is 11.8 Å². The van der Waals surface area contributed by atoms with E-state index in [1.54, 1.807) is 0 Å². The predicted molar refractivity (Wildman–Crippen MR) is 103 cm³/mol. The largest absolute Gasteiger partial charge is 0.385 e. The first kappa shape index (κ1) is 17.4. The summed E-state index contributed by atoms with van der Waals surface area (Å²) in [4.78, 5) is 0. The standard InChI is InChI=1S/C21H24ClN/c1-16-9-11-19(12-10-16)13-21(20-7-5-4-6-8-20)18(3)23-15-17(2)14-22/h4-13,17,23H,3,14-15H2,1-2H3/b21-13-. The van der Waals surface area contributed by atoms with Gasteiger partial charge in [-0.25, -0.2) is 0 Å². The third kappa shape index (κ3) is 5.30. The fourth-order valence-electron chi connectivity index (χ4n) is 2.24. The van der Waals surface area contributed by atoms with Crippen LogP contribution in [-0.4, -0.2) is 12.4 Å². The van der Waals surface area contributed by atoms with Crippen LogP contribution in [0.2, 0.25) is 0 Å². The third-order valence-corrected chi connectivity index (χ3v) is 4.25. The molecule has 120 valence electrons. The van der Waals surface area contributed by atoms with Crippen LogP contribution in [-0.2, 0) is 0 Å². The average Bonchev–Trinajstić information content (AvgIpc) is 2.59. The van der Waals surface area contributed by atoms with E-state index in [4.69, 9.17) is 11.6 Å². The van der Waals surface area contributed by atoms with Gasteiger partial charge in [0.05, 0.1) is 0 Å². The predicted octanol–water partition coefficient (Wildman–Crippen LogP) is 5.51. The lowest BCUT2D eigenvalue weighted by atomic mass is 9.99. The van der Waals surface area contributed by atoms with Crippen LogP contribution in [0.1, 0.15) is 23.6 Å². The van der Waals surface area contributed by atoms with E-state index in [1.165, 1.54) is 11.1 Å². The van der Waals surface area contributed by atoms with Crippen LogP contribution in [0.3, 0.4) is 0 Å². The molecule has 23 heavy (non-hydrogen) atoms. The molecule has 0 aliphatic carbocycles. The second kappa shape index (κ2) is 8.59. The maximum atomic E-state index is 5.89. The summed E-state index contributed by atoms with van der Waals surface area (Å²) >= 11 is 5.89. The van der Waals surface area contributed by atoms with E-state index >= 15 is 0 Å². The molecular formula is C21H24ClN. The van der Waals surface area contributed by atoms with Gasteiger partial charge in [-0.05, 0) is 30.0 Å². The molecule has 0 heterocycles. The lowest BCUT2D eigenvalue weighted by Gasteiger charge is -2.16. The van der Waals surface area contributed by atoms with Crippen molar-refractivity contribution < 1.29 is 0 Å². The maximum Gasteiger partial charge on any atom is 0.0347 e. The molecule has 0 saturated carbocycles. The zero-order valence-corrected chi connectivity index (χ0v) is 14.6. The summed E-state index contributed by atoms with van der Waals surface area (Å²) in [6.07, 6.45) is 2.18. The van der Waals surface area contributed by atoms with Crippen molar-refractivity contribution in [1.29, 1.82) is 0 Å². The van der Waals surface area contributed by atoms with Gasteiger partial charge in [0.1, 0.15) is 0 Å². The Morgan fingerprint density at radius 3 is 2.39 bits per heavy atom. The smallest absolute Gasteiger partial charge is 0.0347 e. The van der Waals surface area contributed by atoms with E-state index in [2.05, 4.69) is 68.2 Å². The SMILES string of the molecule is C=C(NCC(C)CCl)/C(=C/c1ccc(C)cc1)c1ccccc1. The minimum atomic E-state index is 0.407. The van der Waals surface area contributed by atoms with Crippen LogP contribution in [0.25, 0.3) is 11.6 Å². The molecule has 2 rings (SSSR count). The highest BCUT2D eigenvalue weighted by Crippen LogP contribution is 2.23. The topological polar surface area (TPSA) is 12.0 Å². The van der Waals surface area contributed by atoms with Crippen molar-refractivity contribution in [1.82, 2.24) is 5.32 Å². The van der Waals surface area contributed by atoms with E-state index in [9.17, 15) is 0 Å². The Balaban J connectivity index is 2.28. The Labute approximate surface area is 144 Å². The minimum absolute atomic E-state index is 0.407. The quantitative estimate of drug-likeness (QED) is 0.402. The second-order valence-corrected chi connectivity index (χ2v) is 6.26. The monoisotopic (exact) mass is 325 g/mol. The van der Waals surface area contributed by atoms with E-state index in [0.717, 1.165) is 23.4 Å². The van der Waals surface area contributed by atoms with Crippen molar-refractivity contribution >= 4 is 23.3 Å². The van der Waals surface area contributed by atoms with Crippen molar-refractivity contribution in [3.05, 3.63) is 83.6 Å². The van der Waals surface area contributed by atoms with Crippen LogP contribution in [0.4, 0.5) is 0 Å². The molecule has 0 aromatic heterocycles. The zero-order valence-electron chi connectivity index (χ0n) is 13.9. The molecule has 0 amide bonds. The fourth-order valence-corrected chi connectivity index (χ4v) is 2.35. The Morgan fingerprint density at radius 1 is 1.13 bits per heavy atom. The summed E-state index contributed by atoms with van der Waals surface area (Å²) in [6.45, 7) is 9.27. The summed E-state index contributed by atoms with van der Waals surface area (Å²) in [5, 5.41) is 3.42. The molecule has 0 aliphatic rings. The maximum absolute atomic E-state index is 5.89. The highest BCUT2D eigenvalue weighted by atomic mass is 35.5. The molecule has 2 aromatic rings. The summed E-state index contributed by atoms with van der Waals surface area (Å²) in [6, 6.07) is 18.9. The molecule has 0 fully saturated rings. The lowest BCUT2D eigenvalue weighted by molar-refractivity contribution is 0.610. The van der Waals surface area contributed by atoms with Gasteiger partial charge in [0.2, 0.25) is 0 Å². The lowest BCUT2D eigenvalue weighted by Crippen LogP contribution is -2.21. The molecule has 1 atom stereocenters. The number of alkyl halides is 1. The average molecular weight is 326 g/mol. The molecule has 0 aliphatic heterocycles. The van der Waals surface area contributed by atoms with E-state index < -0.39 is 0 Å². The Morgan fingerprint density at radius 2 is 1.78 bits per heavy atom. The zero-order chi connectivity index (χ0) is 16.7. The summed E-state index contributed by atoms with van der Waals surface area (Å²) in [5.41, 5.74) is 5.62. The van der Waals surface area contributed by atoms with Gasteiger partial charge in [0, 0.05) is 23.7 Å². The van der Waals surface area contributed by atoms with Crippen LogP contribution >= 0.6 is 11.6 Å². The van der Waals surface area contributed by atoms with Gasteiger partial charge in [0.15, 0.2) is 0 Å². The molecule has 0 radical (unpaired) electrons. The molecule has 1 nitrogen and oxygen atoms in total. The Bertz CT molecular complexity index is 656. The number of rotatable bonds is 7. The first-order valence-electron chi connectivity index (χ1n) is 7.93. The van der Waals surface area contributed by atoms with Gasteiger partial charge in [-0.2, -0.15) is 0 Å². The fraction of sp³-hybridized carbons (Fsp3) is 0.238. The molecule has 1 unspecified atom stereocenters. The highest BCUT2D eigenvalue weighted by Gasteiger charge is 2.08. The number of benzene rings is 2. The van der Waals surface area contributed by atoms with Gasteiger partial charge in [-0.3, -0.25) is 0 Å². The van der Waals surface area contributed by atoms with Crippen LogP contribution in [0.5, 0.6) is 0 Å². The normalized spacial score (nSPS) is 12.7. The van der Waals surface area contributed by atoms with Crippen molar-refractivity contribution in [2.24, 2.45) is 5.92 Å². The molecule has 1 N–H and O–H groups in total. The molecule has 2 aromatic carbocycles. The summed E-state index contributed by atoms with van der Waals surface area (Å²) < 4.78 is 0. The number of hydrogen-bond acceptors (Lipinski definition) is 1. The first-order valence-corrected chi connectivity index (χ1v) is 8.46. The molecular weight excluding hydrogens is 302 g/mol. The van der Waals surface area contributed by atoms with Crippen molar-refractivity contribution in [3.63, 3.8) is 0 Å². The van der Waals surface area contributed by atoms with E-state index in [-0.39, 0.29) is 0 Å². The van der Waals surface area contributed by atoms with Crippen molar-refractivity contribution in [2.75, 3.05) is 12.4 Å². The Kier molecular flexibility index (Phi) is 6.49. The second-order valence-electron chi connectivity index (χ2n) is 5.95. The number of hydrogen-bond donors (Lipinski definition) is 1. The number of halogens is 1. The molecule has 0 spiro atoms. The Hall–Kier alpha value is -1.99. The number of allylic oxidation sites excluding steroid dienone is 1. The van der Waals surface area contributed by atoms with Gasteiger partial charge >= 0.3 is 0 Å². The van der Waals surface area contributed by atoms with Gasteiger partial charge < -0.3 is 5.32 Å². The molecule has 2 heteroatoms. The summed E-state index contributed by atoms with van der Waals surface area (Å²) in [7, 11) is 0. The third-order valence-electron chi connectivity index (χ3n) is 3.73. The highest BCUT2D eigenvalue weighted by molar-refractivity contribution is 6.18.